The molecule has 9 nitrogen and oxygen atoms in total. The van der Waals surface area contributed by atoms with Crippen molar-refractivity contribution in [2.75, 3.05) is 26.7 Å². The number of fused-ring (bicyclic) bond motifs is 2. The number of hydrogen-bond acceptors (Lipinski definition) is 7. The summed E-state index contributed by atoms with van der Waals surface area (Å²) in [6, 6.07) is 11.2. The van der Waals surface area contributed by atoms with Gasteiger partial charge in [0.1, 0.15) is 11.5 Å². The minimum atomic E-state index is -0.0889. The zero-order valence-electron chi connectivity index (χ0n) is 23.8. The van der Waals surface area contributed by atoms with Crippen LogP contribution in [0.25, 0.3) is 22.6 Å². The number of imidazole rings is 1. The van der Waals surface area contributed by atoms with Crippen LogP contribution >= 0.6 is 23.2 Å². The molecule has 0 saturated heterocycles. The topological polar surface area (TPSA) is 96.5 Å². The second kappa shape index (κ2) is 11.6. The van der Waals surface area contributed by atoms with Gasteiger partial charge in [0, 0.05) is 49.8 Å². The maximum atomic E-state index is 13.3. The monoisotopic (exact) mass is 606 g/mol. The fraction of sp³-hybridized carbons (Fsp3) is 0.355. The number of oxazole rings is 1. The summed E-state index contributed by atoms with van der Waals surface area (Å²) in [6.07, 6.45) is 0.967. The van der Waals surface area contributed by atoms with Crippen LogP contribution in [0.4, 0.5) is 0 Å². The van der Waals surface area contributed by atoms with Gasteiger partial charge in [0.05, 0.1) is 40.9 Å². The van der Waals surface area contributed by atoms with Crippen LogP contribution in [0.15, 0.2) is 40.8 Å². The summed E-state index contributed by atoms with van der Waals surface area (Å²) in [5.41, 5.74) is 5.53. The van der Waals surface area contributed by atoms with Gasteiger partial charge in [0.25, 0.3) is 0 Å². The Morgan fingerprint density at radius 3 is 2.50 bits per heavy atom. The van der Waals surface area contributed by atoms with Crippen LogP contribution in [0.1, 0.15) is 45.9 Å². The van der Waals surface area contributed by atoms with Crippen LogP contribution < -0.4 is 5.32 Å². The largest absolute Gasteiger partial charge is 0.439 e. The normalized spacial score (nSPS) is 14.4. The summed E-state index contributed by atoms with van der Waals surface area (Å²) in [5, 5.41) is 4.22. The molecule has 4 aromatic rings. The molecule has 0 bridgehead atoms. The number of likely N-dealkylation sites (N-methyl/N-ethyl adjacent to an activating group) is 1. The van der Waals surface area contributed by atoms with Crippen molar-refractivity contribution in [3.05, 3.63) is 80.7 Å². The molecule has 0 saturated carbocycles. The summed E-state index contributed by atoms with van der Waals surface area (Å²) in [4.78, 5) is 39.0. The number of carbonyl (C=O) groups excluding carboxylic acids is 2. The lowest BCUT2D eigenvalue weighted by Gasteiger charge is -2.19. The summed E-state index contributed by atoms with van der Waals surface area (Å²) < 4.78 is 8.01. The highest BCUT2D eigenvalue weighted by Gasteiger charge is 2.30. The fourth-order valence-corrected chi connectivity index (χ4v) is 6.16. The predicted octanol–water partition coefficient (Wildman–Crippen LogP) is 4.91. The van der Waals surface area contributed by atoms with Crippen molar-refractivity contribution in [3.8, 4) is 22.6 Å². The Morgan fingerprint density at radius 2 is 1.76 bits per heavy atom. The molecular weight excluding hydrogens is 575 g/mol. The second-order valence-corrected chi connectivity index (χ2v) is 11.6. The lowest BCUT2D eigenvalue weighted by atomic mass is 9.98. The molecular formula is C31H32Cl2N6O3. The first kappa shape index (κ1) is 28.6. The Balaban J connectivity index is 1.23. The molecule has 2 aliphatic rings. The van der Waals surface area contributed by atoms with Gasteiger partial charge in [-0.15, -0.1) is 0 Å². The van der Waals surface area contributed by atoms with E-state index in [-0.39, 0.29) is 18.1 Å². The zero-order chi connectivity index (χ0) is 29.5. The standard InChI is InChI=1S/C31H32Cl2N6O3/c1-4-37(2)17-27(41)39-15-23-26(16-39)42-31(36-23)21-10-6-9-20(29(21)33)19-8-5-7-18(28(19)32)13-25(40)30-35-22-14-34-12-11-24(22)38(30)3/h5-10,34H,4,11-17H2,1-3H3. The molecule has 2 aliphatic heterocycles. The van der Waals surface area contributed by atoms with Crippen LogP contribution in [0.5, 0.6) is 0 Å². The maximum absolute atomic E-state index is 13.3. The minimum absolute atomic E-state index is 0.0432. The first-order valence-corrected chi connectivity index (χ1v) is 14.8. The molecule has 0 spiro atoms. The Hall–Kier alpha value is -3.50. The molecule has 1 amide bonds. The molecule has 2 aromatic carbocycles. The molecule has 4 heterocycles. The van der Waals surface area contributed by atoms with Gasteiger partial charge in [-0.25, -0.2) is 9.97 Å². The second-order valence-electron chi connectivity index (χ2n) is 10.8. The number of nitrogens with one attached hydrogen (secondary N) is 1. The van der Waals surface area contributed by atoms with Gasteiger partial charge >= 0.3 is 0 Å². The molecule has 11 heteroatoms. The third-order valence-corrected chi connectivity index (χ3v) is 8.93. The Bertz CT molecular complexity index is 1670. The molecule has 218 valence electrons. The quantitative estimate of drug-likeness (QED) is 0.285. The predicted molar refractivity (Wildman–Crippen MR) is 161 cm³/mol. The molecule has 0 fully saturated rings. The van der Waals surface area contributed by atoms with E-state index in [0.717, 1.165) is 36.6 Å². The average molecular weight is 608 g/mol. The lowest BCUT2D eigenvalue weighted by Crippen LogP contribution is -2.35. The number of ketones is 1. The third-order valence-electron chi connectivity index (χ3n) is 8.08. The Kier molecular flexibility index (Phi) is 7.93. The highest BCUT2D eigenvalue weighted by Crippen LogP contribution is 2.41. The van der Waals surface area contributed by atoms with Gasteiger partial charge in [0.2, 0.25) is 17.6 Å². The van der Waals surface area contributed by atoms with Crippen molar-refractivity contribution in [1.82, 2.24) is 29.7 Å². The number of rotatable bonds is 8. The van der Waals surface area contributed by atoms with Crippen molar-refractivity contribution >= 4 is 34.9 Å². The summed E-state index contributed by atoms with van der Waals surface area (Å²) in [7, 11) is 3.81. The number of carbonyl (C=O) groups is 2. The summed E-state index contributed by atoms with van der Waals surface area (Å²) >= 11 is 13.9. The Morgan fingerprint density at radius 1 is 1.02 bits per heavy atom. The van der Waals surface area contributed by atoms with Crippen molar-refractivity contribution in [3.63, 3.8) is 0 Å². The molecule has 0 radical (unpaired) electrons. The van der Waals surface area contributed by atoms with Crippen LogP contribution in [0, 0.1) is 0 Å². The number of benzene rings is 2. The van der Waals surface area contributed by atoms with Gasteiger partial charge in [-0.05, 0) is 25.2 Å². The molecule has 1 N–H and O–H groups in total. The van der Waals surface area contributed by atoms with Crippen molar-refractivity contribution in [2.24, 2.45) is 7.05 Å². The highest BCUT2D eigenvalue weighted by atomic mass is 35.5. The number of halogens is 2. The van der Waals surface area contributed by atoms with E-state index in [0.29, 0.717) is 76.0 Å². The van der Waals surface area contributed by atoms with Crippen molar-refractivity contribution < 1.29 is 14.0 Å². The van der Waals surface area contributed by atoms with E-state index in [1.807, 2.05) is 66.9 Å². The van der Waals surface area contributed by atoms with E-state index in [1.165, 1.54) is 0 Å². The molecule has 0 aliphatic carbocycles. The van der Waals surface area contributed by atoms with E-state index in [9.17, 15) is 9.59 Å². The van der Waals surface area contributed by atoms with E-state index in [2.05, 4.69) is 15.3 Å². The van der Waals surface area contributed by atoms with Gasteiger partial charge in [0.15, 0.2) is 5.82 Å². The maximum Gasteiger partial charge on any atom is 0.237 e. The van der Waals surface area contributed by atoms with Crippen molar-refractivity contribution in [1.29, 1.82) is 0 Å². The lowest BCUT2D eigenvalue weighted by molar-refractivity contribution is -0.132. The van der Waals surface area contributed by atoms with Crippen molar-refractivity contribution in [2.45, 2.75) is 39.4 Å². The number of aromatic nitrogens is 3. The van der Waals surface area contributed by atoms with E-state index in [1.54, 1.807) is 4.90 Å². The fourth-order valence-electron chi connectivity index (χ4n) is 5.56. The third kappa shape index (κ3) is 5.26. The molecule has 2 aromatic heterocycles. The van der Waals surface area contributed by atoms with Gasteiger partial charge < -0.3 is 19.2 Å². The molecule has 0 atom stereocenters. The first-order valence-electron chi connectivity index (χ1n) is 14.0. The van der Waals surface area contributed by atoms with Gasteiger partial charge in [-0.1, -0.05) is 60.5 Å². The van der Waals surface area contributed by atoms with E-state index < -0.39 is 0 Å². The van der Waals surface area contributed by atoms with Gasteiger partial charge in [-0.2, -0.15) is 0 Å². The zero-order valence-corrected chi connectivity index (χ0v) is 25.3. The van der Waals surface area contributed by atoms with Crippen LogP contribution in [0.3, 0.4) is 0 Å². The van der Waals surface area contributed by atoms with Gasteiger partial charge in [-0.3, -0.25) is 14.5 Å². The first-order chi connectivity index (χ1) is 20.2. The number of amides is 1. The summed E-state index contributed by atoms with van der Waals surface area (Å²) in [6.45, 7) is 5.50. The van der Waals surface area contributed by atoms with Crippen LogP contribution in [-0.4, -0.2) is 62.7 Å². The Labute approximate surface area is 254 Å². The average Bonchev–Trinajstić information content (AvgIpc) is 3.66. The molecule has 6 rings (SSSR count). The minimum Gasteiger partial charge on any atom is -0.439 e. The molecule has 0 unspecified atom stereocenters. The summed E-state index contributed by atoms with van der Waals surface area (Å²) in [5.74, 6) is 1.47. The number of nitrogens with zero attached hydrogens (tertiary/aromatic N) is 5. The SMILES string of the molecule is CCN(C)CC(=O)N1Cc2nc(-c3cccc(-c4cccc(CC(=O)c5nc6c(n5C)CCNC6)c4Cl)c3Cl)oc2C1. The highest BCUT2D eigenvalue weighted by molar-refractivity contribution is 6.38. The molecule has 42 heavy (non-hydrogen) atoms. The number of hydrogen-bond donors (Lipinski definition) is 1. The van der Waals surface area contributed by atoms with Crippen LogP contribution in [-0.2, 0) is 44.3 Å². The van der Waals surface area contributed by atoms with Crippen LogP contribution in [0.2, 0.25) is 10.0 Å². The van der Waals surface area contributed by atoms with E-state index in [4.69, 9.17) is 27.6 Å². The van der Waals surface area contributed by atoms with E-state index >= 15 is 0 Å². The number of Topliss-reactive ketones (excluding diaryl/α,β-unsaturated/α-hetero) is 1. The smallest absolute Gasteiger partial charge is 0.237 e.